The summed E-state index contributed by atoms with van der Waals surface area (Å²) in [5.41, 5.74) is 3.42. The van der Waals surface area contributed by atoms with Crippen molar-refractivity contribution < 1.29 is 28.5 Å². The van der Waals surface area contributed by atoms with Crippen LogP contribution < -0.4 is 9.47 Å². The SMILES string of the molecule is COCOc1ccc(C=Cc2ccc3c(c2)C(=O)c2ccccc2C3=O)cc1OCOC. The predicted octanol–water partition coefficient (Wildman–Crippen LogP) is 4.60. The smallest absolute Gasteiger partial charge is 0.194 e. The third-order valence-corrected chi connectivity index (χ3v) is 5.05. The molecule has 0 amide bonds. The molecule has 0 radical (unpaired) electrons. The Morgan fingerprint density at radius 2 is 1.16 bits per heavy atom. The Morgan fingerprint density at radius 1 is 0.625 bits per heavy atom. The molecule has 3 aromatic rings. The van der Waals surface area contributed by atoms with Crippen molar-refractivity contribution in [2.45, 2.75) is 0 Å². The molecule has 0 heterocycles. The Hall–Kier alpha value is -3.74. The van der Waals surface area contributed by atoms with Gasteiger partial charge in [0.25, 0.3) is 0 Å². The maximum Gasteiger partial charge on any atom is 0.194 e. The van der Waals surface area contributed by atoms with Crippen LogP contribution >= 0.6 is 0 Å². The van der Waals surface area contributed by atoms with Crippen molar-refractivity contribution in [1.29, 1.82) is 0 Å². The van der Waals surface area contributed by atoms with Crippen LogP contribution in [0, 0.1) is 0 Å². The van der Waals surface area contributed by atoms with Crippen molar-refractivity contribution in [2.75, 3.05) is 27.8 Å². The molecule has 0 saturated heterocycles. The second-order valence-electron chi connectivity index (χ2n) is 7.15. The Morgan fingerprint density at radius 3 is 1.81 bits per heavy atom. The normalized spacial score (nSPS) is 12.6. The standard InChI is InChI=1S/C26H22O6/c1-29-15-31-23-12-10-18(14-24(23)32-16-30-2)8-7-17-9-11-21-22(13-17)26(28)20-6-4-3-5-19(20)25(21)27/h3-14H,15-16H2,1-2H3. The van der Waals surface area contributed by atoms with Gasteiger partial charge in [0.1, 0.15) is 0 Å². The van der Waals surface area contributed by atoms with Gasteiger partial charge in [-0.25, -0.2) is 0 Å². The molecule has 32 heavy (non-hydrogen) atoms. The summed E-state index contributed by atoms with van der Waals surface area (Å²) in [4.78, 5) is 25.7. The highest BCUT2D eigenvalue weighted by molar-refractivity contribution is 6.28. The first kappa shape index (κ1) is 21.5. The molecule has 1 aliphatic rings. The van der Waals surface area contributed by atoms with E-state index in [1.165, 1.54) is 0 Å². The van der Waals surface area contributed by atoms with Gasteiger partial charge in [0.2, 0.25) is 0 Å². The van der Waals surface area contributed by atoms with Gasteiger partial charge in [0.15, 0.2) is 36.7 Å². The molecule has 0 aromatic heterocycles. The van der Waals surface area contributed by atoms with E-state index in [0.717, 1.165) is 11.1 Å². The first-order valence-electron chi connectivity index (χ1n) is 10.0. The van der Waals surface area contributed by atoms with E-state index in [-0.39, 0.29) is 25.2 Å². The Bertz CT molecular complexity index is 1190. The lowest BCUT2D eigenvalue weighted by Gasteiger charge is -2.17. The zero-order valence-electron chi connectivity index (χ0n) is 17.8. The van der Waals surface area contributed by atoms with Crippen LogP contribution in [0.5, 0.6) is 11.5 Å². The van der Waals surface area contributed by atoms with E-state index in [2.05, 4.69) is 0 Å². The molecule has 0 unspecified atom stereocenters. The molecule has 0 aliphatic heterocycles. The summed E-state index contributed by atoms with van der Waals surface area (Å²) < 4.78 is 21.0. The summed E-state index contributed by atoms with van der Waals surface area (Å²) >= 11 is 0. The van der Waals surface area contributed by atoms with Crippen LogP contribution in [0.1, 0.15) is 43.0 Å². The number of ether oxygens (including phenoxy) is 4. The van der Waals surface area contributed by atoms with Gasteiger partial charge >= 0.3 is 0 Å². The maximum atomic E-state index is 12.9. The van der Waals surface area contributed by atoms with Crippen LogP contribution in [0.2, 0.25) is 0 Å². The van der Waals surface area contributed by atoms with Gasteiger partial charge < -0.3 is 18.9 Å². The van der Waals surface area contributed by atoms with Crippen molar-refractivity contribution >= 4 is 23.7 Å². The number of methoxy groups -OCH3 is 2. The molecule has 4 rings (SSSR count). The van der Waals surface area contributed by atoms with Gasteiger partial charge in [-0.2, -0.15) is 0 Å². The molecule has 6 nitrogen and oxygen atoms in total. The lowest BCUT2D eigenvalue weighted by atomic mass is 9.83. The van der Waals surface area contributed by atoms with Crippen LogP contribution in [0.15, 0.2) is 60.7 Å². The first-order chi connectivity index (χ1) is 15.6. The van der Waals surface area contributed by atoms with Gasteiger partial charge in [-0.15, -0.1) is 0 Å². The number of rotatable bonds is 8. The van der Waals surface area contributed by atoms with Crippen molar-refractivity contribution in [3.63, 3.8) is 0 Å². The zero-order chi connectivity index (χ0) is 22.5. The largest absolute Gasteiger partial charge is 0.464 e. The monoisotopic (exact) mass is 430 g/mol. The maximum absolute atomic E-state index is 12.9. The quantitative estimate of drug-likeness (QED) is 0.301. The molecule has 0 spiro atoms. The van der Waals surface area contributed by atoms with Crippen molar-refractivity contribution in [1.82, 2.24) is 0 Å². The number of carbonyl (C=O) groups is 2. The van der Waals surface area contributed by atoms with Crippen molar-refractivity contribution in [3.05, 3.63) is 94.0 Å². The van der Waals surface area contributed by atoms with E-state index in [9.17, 15) is 9.59 Å². The Balaban J connectivity index is 1.60. The average molecular weight is 430 g/mol. The fourth-order valence-corrected chi connectivity index (χ4v) is 3.52. The minimum atomic E-state index is -0.139. The van der Waals surface area contributed by atoms with E-state index in [1.54, 1.807) is 56.7 Å². The summed E-state index contributed by atoms with van der Waals surface area (Å²) in [5, 5.41) is 0. The number of fused-ring (bicyclic) bond motifs is 2. The van der Waals surface area contributed by atoms with Crippen LogP contribution in [0.3, 0.4) is 0 Å². The molecular formula is C26H22O6. The van der Waals surface area contributed by atoms with Crippen molar-refractivity contribution in [2.24, 2.45) is 0 Å². The third-order valence-electron chi connectivity index (χ3n) is 5.05. The summed E-state index contributed by atoms with van der Waals surface area (Å²) in [6, 6.07) is 17.7. The van der Waals surface area contributed by atoms with Crippen LogP contribution in [0.4, 0.5) is 0 Å². The highest BCUT2D eigenvalue weighted by atomic mass is 16.7. The highest BCUT2D eigenvalue weighted by Crippen LogP contribution is 2.30. The van der Waals surface area contributed by atoms with Gasteiger partial charge in [0.05, 0.1) is 0 Å². The second kappa shape index (κ2) is 9.60. The summed E-state index contributed by atoms with van der Waals surface area (Å²) in [6.07, 6.45) is 3.77. The Labute approximate surface area is 186 Å². The van der Waals surface area contributed by atoms with Crippen LogP contribution in [0.25, 0.3) is 12.2 Å². The number of hydrogen-bond acceptors (Lipinski definition) is 6. The highest BCUT2D eigenvalue weighted by Gasteiger charge is 2.29. The fourth-order valence-electron chi connectivity index (χ4n) is 3.52. The molecule has 0 saturated carbocycles. The zero-order valence-corrected chi connectivity index (χ0v) is 17.8. The number of benzene rings is 3. The van der Waals surface area contributed by atoms with E-state index >= 15 is 0 Å². The number of ketones is 2. The van der Waals surface area contributed by atoms with Gasteiger partial charge in [-0.3, -0.25) is 9.59 Å². The molecule has 6 heteroatoms. The average Bonchev–Trinajstić information content (AvgIpc) is 2.83. The van der Waals surface area contributed by atoms with Crippen LogP contribution in [-0.4, -0.2) is 39.4 Å². The second-order valence-corrected chi connectivity index (χ2v) is 7.15. The molecule has 162 valence electrons. The summed E-state index contributed by atoms with van der Waals surface area (Å²) in [7, 11) is 3.09. The molecule has 3 aromatic carbocycles. The third kappa shape index (κ3) is 4.32. The van der Waals surface area contributed by atoms with E-state index < -0.39 is 0 Å². The molecule has 0 N–H and O–H groups in total. The van der Waals surface area contributed by atoms with Crippen LogP contribution in [-0.2, 0) is 9.47 Å². The van der Waals surface area contributed by atoms with E-state index in [0.29, 0.717) is 33.8 Å². The molecule has 0 fully saturated rings. The lowest BCUT2D eigenvalue weighted by Crippen LogP contribution is -2.20. The minimum absolute atomic E-state index is 0.0823. The molecule has 0 bridgehead atoms. The predicted molar refractivity (Wildman–Crippen MR) is 120 cm³/mol. The molecular weight excluding hydrogens is 408 g/mol. The topological polar surface area (TPSA) is 71.1 Å². The van der Waals surface area contributed by atoms with E-state index in [1.807, 2.05) is 30.4 Å². The minimum Gasteiger partial charge on any atom is -0.464 e. The van der Waals surface area contributed by atoms with Gasteiger partial charge in [-0.1, -0.05) is 48.6 Å². The fraction of sp³-hybridized carbons (Fsp3) is 0.154. The molecule has 1 aliphatic carbocycles. The van der Waals surface area contributed by atoms with E-state index in [4.69, 9.17) is 18.9 Å². The Kier molecular flexibility index (Phi) is 6.44. The van der Waals surface area contributed by atoms with Gasteiger partial charge in [0, 0.05) is 36.5 Å². The van der Waals surface area contributed by atoms with Gasteiger partial charge in [-0.05, 0) is 35.4 Å². The number of hydrogen-bond donors (Lipinski definition) is 0. The number of carbonyl (C=O) groups excluding carboxylic acids is 2. The lowest BCUT2D eigenvalue weighted by molar-refractivity contribution is 0.0322. The summed E-state index contributed by atoms with van der Waals surface area (Å²) in [5.74, 6) is 0.795. The molecule has 0 atom stereocenters. The van der Waals surface area contributed by atoms with Crippen molar-refractivity contribution in [3.8, 4) is 11.5 Å². The first-order valence-corrected chi connectivity index (χ1v) is 10.0. The summed E-state index contributed by atoms with van der Waals surface area (Å²) in [6.45, 7) is 0.183.